The molecule has 120 valence electrons. The van der Waals surface area contributed by atoms with Crippen molar-refractivity contribution in [3.63, 3.8) is 0 Å². The topological polar surface area (TPSA) is 55.4 Å². The molecule has 0 unspecified atom stereocenters. The normalized spacial score (nSPS) is 19.7. The fourth-order valence-corrected chi connectivity index (χ4v) is 3.73. The number of nitrogens with one attached hydrogen (secondary N) is 1. The first-order valence-electron chi connectivity index (χ1n) is 7.77. The molecule has 0 saturated carbocycles. The van der Waals surface area contributed by atoms with Crippen molar-refractivity contribution in [1.29, 1.82) is 0 Å². The van der Waals surface area contributed by atoms with E-state index in [2.05, 4.69) is 19.2 Å². The Kier molecular flexibility index (Phi) is 6.95. The van der Waals surface area contributed by atoms with E-state index in [9.17, 15) is 8.42 Å². The number of sulfone groups is 1. The molecule has 1 N–H and O–H groups in total. The predicted octanol–water partition coefficient (Wildman–Crippen LogP) is 2.24. The van der Waals surface area contributed by atoms with Crippen LogP contribution in [-0.4, -0.2) is 45.7 Å². The average Bonchev–Trinajstić information content (AvgIpc) is 2.37. The molecule has 4 nitrogen and oxygen atoms in total. The van der Waals surface area contributed by atoms with Gasteiger partial charge in [0.2, 0.25) is 0 Å². The van der Waals surface area contributed by atoms with Gasteiger partial charge in [-0.05, 0) is 51.0 Å². The van der Waals surface area contributed by atoms with Crippen molar-refractivity contribution in [1.82, 2.24) is 5.32 Å². The Morgan fingerprint density at radius 3 is 2.25 bits per heavy atom. The van der Waals surface area contributed by atoms with E-state index in [0.29, 0.717) is 11.7 Å². The maximum absolute atomic E-state index is 12.0. The molecule has 0 aliphatic carbocycles. The fourth-order valence-electron chi connectivity index (χ4n) is 2.54. The SMILES string of the molecule is CC(C)CNCC1(CCS(=O)(=O)C(C)C)CCOCC1. The molecule has 0 aromatic carbocycles. The molecule has 0 bridgehead atoms. The first-order chi connectivity index (χ1) is 9.27. The van der Waals surface area contributed by atoms with Gasteiger partial charge < -0.3 is 10.1 Å². The van der Waals surface area contributed by atoms with Crippen LogP contribution in [0, 0.1) is 11.3 Å². The summed E-state index contributed by atoms with van der Waals surface area (Å²) in [5.74, 6) is 0.917. The van der Waals surface area contributed by atoms with Crippen molar-refractivity contribution in [2.75, 3.05) is 32.1 Å². The third kappa shape index (κ3) is 5.70. The average molecular weight is 305 g/mol. The third-order valence-electron chi connectivity index (χ3n) is 4.24. The Bertz CT molecular complexity index is 371. The van der Waals surface area contributed by atoms with Crippen molar-refractivity contribution in [3.8, 4) is 0 Å². The molecule has 1 rings (SSSR count). The second kappa shape index (κ2) is 7.76. The minimum atomic E-state index is -2.95. The summed E-state index contributed by atoms with van der Waals surface area (Å²) in [5.41, 5.74) is 0.0924. The van der Waals surface area contributed by atoms with E-state index in [1.165, 1.54) is 0 Å². The van der Waals surface area contributed by atoms with Crippen LogP contribution in [0.15, 0.2) is 0 Å². The van der Waals surface area contributed by atoms with Gasteiger partial charge in [0, 0.05) is 19.8 Å². The second-order valence-electron chi connectivity index (χ2n) is 6.80. The molecule has 0 aromatic heterocycles. The van der Waals surface area contributed by atoms with Gasteiger partial charge in [-0.1, -0.05) is 13.8 Å². The number of hydrogen-bond donors (Lipinski definition) is 1. The van der Waals surface area contributed by atoms with Crippen molar-refractivity contribution >= 4 is 9.84 Å². The van der Waals surface area contributed by atoms with Crippen LogP contribution < -0.4 is 5.32 Å². The van der Waals surface area contributed by atoms with Gasteiger partial charge in [-0.3, -0.25) is 0 Å². The summed E-state index contributed by atoms with van der Waals surface area (Å²) >= 11 is 0. The van der Waals surface area contributed by atoms with Crippen LogP contribution in [0.25, 0.3) is 0 Å². The van der Waals surface area contributed by atoms with Gasteiger partial charge in [0.15, 0.2) is 9.84 Å². The van der Waals surface area contributed by atoms with E-state index in [1.807, 2.05) is 0 Å². The van der Waals surface area contributed by atoms with Crippen LogP contribution in [0.4, 0.5) is 0 Å². The summed E-state index contributed by atoms with van der Waals surface area (Å²) < 4.78 is 29.5. The Morgan fingerprint density at radius 2 is 1.75 bits per heavy atom. The van der Waals surface area contributed by atoms with Gasteiger partial charge in [-0.2, -0.15) is 0 Å². The smallest absolute Gasteiger partial charge is 0.152 e. The number of ether oxygens (including phenoxy) is 1. The molecular formula is C15H31NO3S. The largest absolute Gasteiger partial charge is 0.381 e. The monoisotopic (exact) mass is 305 g/mol. The Balaban J connectivity index is 2.59. The second-order valence-corrected chi connectivity index (χ2v) is 9.48. The zero-order valence-electron chi connectivity index (χ0n) is 13.4. The Labute approximate surface area is 124 Å². The van der Waals surface area contributed by atoms with Gasteiger partial charge in [0.25, 0.3) is 0 Å². The highest BCUT2D eigenvalue weighted by Crippen LogP contribution is 2.34. The molecule has 1 aliphatic heterocycles. The van der Waals surface area contributed by atoms with Crippen LogP contribution in [0.3, 0.4) is 0 Å². The molecule has 1 heterocycles. The van der Waals surface area contributed by atoms with Crippen LogP contribution in [0.2, 0.25) is 0 Å². The van der Waals surface area contributed by atoms with Crippen LogP contribution >= 0.6 is 0 Å². The molecule has 1 fully saturated rings. The maximum Gasteiger partial charge on any atom is 0.152 e. The van der Waals surface area contributed by atoms with Crippen molar-refractivity contribution < 1.29 is 13.2 Å². The Hall–Kier alpha value is -0.130. The predicted molar refractivity (Wildman–Crippen MR) is 83.7 cm³/mol. The summed E-state index contributed by atoms with van der Waals surface area (Å²) in [5, 5.41) is 3.24. The molecule has 20 heavy (non-hydrogen) atoms. The van der Waals surface area contributed by atoms with Crippen molar-refractivity contribution in [2.24, 2.45) is 11.3 Å². The lowest BCUT2D eigenvalue weighted by Crippen LogP contribution is -2.41. The fraction of sp³-hybridized carbons (Fsp3) is 1.00. The van der Waals surface area contributed by atoms with Gasteiger partial charge in [-0.25, -0.2) is 8.42 Å². The molecule has 0 aromatic rings. The third-order valence-corrected chi connectivity index (χ3v) is 6.45. The first kappa shape index (κ1) is 17.9. The van der Waals surface area contributed by atoms with E-state index in [4.69, 9.17) is 4.74 Å². The van der Waals surface area contributed by atoms with Gasteiger partial charge in [0.1, 0.15) is 0 Å². The summed E-state index contributed by atoms with van der Waals surface area (Å²) in [7, 11) is -2.95. The van der Waals surface area contributed by atoms with Gasteiger partial charge in [0.05, 0.1) is 11.0 Å². The molecule has 0 amide bonds. The zero-order valence-corrected chi connectivity index (χ0v) is 14.3. The van der Waals surface area contributed by atoms with Crippen LogP contribution in [0.5, 0.6) is 0 Å². The number of rotatable bonds is 8. The molecule has 1 aliphatic rings. The van der Waals surface area contributed by atoms with Gasteiger partial charge >= 0.3 is 0 Å². The van der Waals surface area contributed by atoms with Gasteiger partial charge in [-0.15, -0.1) is 0 Å². The summed E-state index contributed by atoms with van der Waals surface area (Å²) in [6.45, 7) is 11.3. The lowest BCUT2D eigenvalue weighted by Gasteiger charge is -2.38. The molecule has 0 radical (unpaired) electrons. The highest BCUT2D eigenvalue weighted by Gasteiger charge is 2.34. The van der Waals surface area contributed by atoms with Crippen molar-refractivity contribution in [3.05, 3.63) is 0 Å². The lowest BCUT2D eigenvalue weighted by atomic mass is 9.77. The molecular weight excluding hydrogens is 274 g/mol. The zero-order chi connectivity index (χ0) is 15.2. The van der Waals surface area contributed by atoms with E-state index >= 15 is 0 Å². The lowest BCUT2D eigenvalue weighted by molar-refractivity contribution is 0.0130. The summed E-state index contributed by atoms with van der Waals surface area (Å²) in [6.07, 6.45) is 2.68. The molecule has 1 saturated heterocycles. The maximum atomic E-state index is 12.0. The standard InChI is InChI=1S/C15H31NO3S/c1-13(2)11-16-12-15(5-8-19-9-6-15)7-10-20(17,18)14(3)4/h13-14,16H,5-12H2,1-4H3. The summed E-state index contributed by atoms with van der Waals surface area (Å²) in [4.78, 5) is 0. The van der Waals surface area contributed by atoms with Crippen LogP contribution in [0.1, 0.15) is 47.0 Å². The molecule has 5 heteroatoms. The first-order valence-corrected chi connectivity index (χ1v) is 9.49. The van der Waals surface area contributed by atoms with Crippen molar-refractivity contribution in [2.45, 2.75) is 52.2 Å². The molecule has 0 spiro atoms. The minimum Gasteiger partial charge on any atom is -0.381 e. The number of hydrogen-bond acceptors (Lipinski definition) is 4. The highest BCUT2D eigenvalue weighted by molar-refractivity contribution is 7.91. The van der Waals surface area contributed by atoms with E-state index < -0.39 is 9.84 Å². The summed E-state index contributed by atoms with van der Waals surface area (Å²) in [6, 6.07) is 0. The van der Waals surface area contributed by atoms with Crippen LogP contribution in [-0.2, 0) is 14.6 Å². The van der Waals surface area contributed by atoms with E-state index in [-0.39, 0.29) is 10.7 Å². The molecule has 0 atom stereocenters. The highest BCUT2D eigenvalue weighted by atomic mass is 32.2. The van der Waals surface area contributed by atoms with E-state index in [0.717, 1.165) is 45.6 Å². The quantitative estimate of drug-likeness (QED) is 0.747. The Morgan fingerprint density at radius 1 is 1.15 bits per heavy atom. The minimum absolute atomic E-state index is 0.0924. The van der Waals surface area contributed by atoms with E-state index in [1.54, 1.807) is 13.8 Å².